The van der Waals surface area contributed by atoms with Crippen LogP contribution in [0, 0.1) is 0 Å². The summed E-state index contributed by atoms with van der Waals surface area (Å²) in [5, 5.41) is 0. The average molecular weight is 306 g/mol. The Morgan fingerprint density at radius 1 is 0.913 bits per heavy atom. The van der Waals surface area contributed by atoms with Gasteiger partial charge in [-0.3, -0.25) is 0 Å². The SMILES string of the molecule is CCCC=C1OC(CCCC)(c2ccccc2)c2ccccc21. The minimum Gasteiger partial charge on any atom is -0.477 e. The second-order valence-corrected chi connectivity index (χ2v) is 6.30. The monoisotopic (exact) mass is 306 g/mol. The van der Waals surface area contributed by atoms with Gasteiger partial charge in [-0.1, -0.05) is 81.3 Å². The van der Waals surface area contributed by atoms with Gasteiger partial charge in [0.1, 0.15) is 5.76 Å². The smallest absolute Gasteiger partial charge is 0.160 e. The number of allylic oxidation sites excluding steroid dienone is 1. The molecule has 0 aromatic heterocycles. The van der Waals surface area contributed by atoms with Crippen molar-refractivity contribution in [1.82, 2.24) is 0 Å². The largest absolute Gasteiger partial charge is 0.477 e. The first kappa shape index (κ1) is 15.9. The Balaban J connectivity index is 2.13. The number of unbranched alkanes of at least 4 members (excludes halogenated alkanes) is 2. The van der Waals surface area contributed by atoms with Crippen molar-refractivity contribution < 1.29 is 4.74 Å². The first-order chi connectivity index (χ1) is 11.3. The molecule has 1 heterocycles. The Morgan fingerprint density at radius 2 is 1.65 bits per heavy atom. The molecule has 0 aliphatic carbocycles. The molecule has 0 bridgehead atoms. The molecule has 0 radical (unpaired) electrons. The summed E-state index contributed by atoms with van der Waals surface area (Å²) in [7, 11) is 0. The van der Waals surface area contributed by atoms with Crippen LogP contribution < -0.4 is 0 Å². The highest BCUT2D eigenvalue weighted by molar-refractivity contribution is 5.70. The van der Waals surface area contributed by atoms with Crippen LogP contribution in [-0.2, 0) is 10.3 Å². The Bertz CT molecular complexity index is 671. The molecule has 1 nitrogen and oxygen atoms in total. The fourth-order valence-corrected chi connectivity index (χ4v) is 3.45. The van der Waals surface area contributed by atoms with E-state index in [9.17, 15) is 0 Å². The lowest BCUT2D eigenvalue weighted by Gasteiger charge is -2.30. The highest BCUT2D eigenvalue weighted by atomic mass is 16.5. The Kier molecular flexibility index (Phi) is 4.85. The van der Waals surface area contributed by atoms with E-state index in [0.29, 0.717) is 0 Å². The predicted octanol–water partition coefficient (Wildman–Crippen LogP) is 6.29. The Labute approximate surface area is 140 Å². The molecule has 0 saturated carbocycles. The fraction of sp³-hybridized carbons (Fsp3) is 0.364. The lowest BCUT2D eigenvalue weighted by atomic mass is 9.81. The minimum absolute atomic E-state index is 0.326. The zero-order valence-electron chi connectivity index (χ0n) is 14.2. The van der Waals surface area contributed by atoms with Gasteiger partial charge in [0.15, 0.2) is 5.60 Å². The van der Waals surface area contributed by atoms with Crippen LogP contribution in [0.4, 0.5) is 0 Å². The molecule has 1 unspecified atom stereocenters. The first-order valence-corrected chi connectivity index (χ1v) is 8.86. The third-order valence-corrected chi connectivity index (χ3v) is 4.65. The quantitative estimate of drug-likeness (QED) is 0.609. The molecule has 2 aromatic rings. The minimum atomic E-state index is -0.326. The van der Waals surface area contributed by atoms with Crippen molar-refractivity contribution in [2.45, 2.75) is 51.6 Å². The molecule has 0 N–H and O–H groups in total. The van der Waals surface area contributed by atoms with E-state index >= 15 is 0 Å². The summed E-state index contributed by atoms with van der Waals surface area (Å²) in [6.45, 7) is 4.45. The number of fused-ring (bicyclic) bond motifs is 1. The van der Waals surface area contributed by atoms with E-state index in [1.54, 1.807) is 0 Å². The number of hydrogen-bond acceptors (Lipinski definition) is 1. The number of hydrogen-bond donors (Lipinski definition) is 0. The molecular formula is C22H26O. The molecule has 1 heteroatoms. The number of rotatable bonds is 6. The van der Waals surface area contributed by atoms with Gasteiger partial charge < -0.3 is 4.74 Å². The number of ether oxygens (including phenoxy) is 1. The maximum absolute atomic E-state index is 6.67. The topological polar surface area (TPSA) is 9.23 Å². The van der Waals surface area contributed by atoms with E-state index in [-0.39, 0.29) is 5.60 Å². The van der Waals surface area contributed by atoms with Gasteiger partial charge in [-0.05, 0) is 30.9 Å². The molecule has 2 aromatic carbocycles. The van der Waals surface area contributed by atoms with E-state index < -0.39 is 0 Å². The lowest BCUT2D eigenvalue weighted by Crippen LogP contribution is -2.26. The molecule has 23 heavy (non-hydrogen) atoms. The molecule has 0 saturated heterocycles. The molecule has 120 valence electrons. The van der Waals surface area contributed by atoms with Gasteiger partial charge in [0, 0.05) is 11.1 Å². The summed E-state index contributed by atoms with van der Waals surface area (Å²) in [5.41, 5.74) is 3.52. The van der Waals surface area contributed by atoms with Gasteiger partial charge in [0.25, 0.3) is 0 Å². The first-order valence-electron chi connectivity index (χ1n) is 8.86. The van der Waals surface area contributed by atoms with Crippen molar-refractivity contribution in [2.24, 2.45) is 0 Å². The van der Waals surface area contributed by atoms with Crippen LogP contribution in [-0.4, -0.2) is 0 Å². The molecule has 1 atom stereocenters. The van der Waals surface area contributed by atoms with Crippen LogP contribution in [0.1, 0.15) is 62.6 Å². The standard InChI is InChI=1S/C22H26O/c1-3-5-16-21-19-14-10-11-15-20(19)22(23-21,17-6-4-2)18-12-8-7-9-13-18/h7-16H,3-6,17H2,1-2H3. The normalized spacial score (nSPS) is 21.2. The van der Waals surface area contributed by atoms with E-state index in [2.05, 4.69) is 74.5 Å². The van der Waals surface area contributed by atoms with Gasteiger partial charge in [0.2, 0.25) is 0 Å². The van der Waals surface area contributed by atoms with Gasteiger partial charge >= 0.3 is 0 Å². The Morgan fingerprint density at radius 3 is 2.39 bits per heavy atom. The van der Waals surface area contributed by atoms with Crippen LogP contribution in [0.25, 0.3) is 5.76 Å². The summed E-state index contributed by atoms with van der Waals surface area (Å²) >= 11 is 0. The highest BCUT2D eigenvalue weighted by Crippen LogP contribution is 2.50. The Hall–Kier alpha value is -2.02. The van der Waals surface area contributed by atoms with Crippen molar-refractivity contribution in [3.05, 3.63) is 77.4 Å². The molecule has 0 fully saturated rings. The van der Waals surface area contributed by atoms with Crippen LogP contribution in [0.5, 0.6) is 0 Å². The number of benzene rings is 2. The lowest BCUT2D eigenvalue weighted by molar-refractivity contribution is 0.0823. The summed E-state index contributed by atoms with van der Waals surface area (Å²) in [5.74, 6) is 1.06. The maximum atomic E-state index is 6.67. The summed E-state index contributed by atoms with van der Waals surface area (Å²) < 4.78 is 6.67. The van der Waals surface area contributed by atoms with Crippen molar-refractivity contribution >= 4 is 5.76 Å². The average Bonchev–Trinajstić information content (AvgIpc) is 2.94. The van der Waals surface area contributed by atoms with Crippen molar-refractivity contribution in [2.75, 3.05) is 0 Å². The van der Waals surface area contributed by atoms with Crippen molar-refractivity contribution in [3.8, 4) is 0 Å². The third-order valence-electron chi connectivity index (χ3n) is 4.65. The third kappa shape index (κ3) is 2.93. The molecule has 1 aliphatic heterocycles. The van der Waals surface area contributed by atoms with Gasteiger partial charge in [-0.25, -0.2) is 0 Å². The van der Waals surface area contributed by atoms with E-state index in [4.69, 9.17) is 4.74 Å². The zero-order valence-corrected chi connectivity index (χ0v) is 14.2. The highest BCUT2D eigenvalue weighted by Gasteiger charge is 2.43. The van der Waals surface area contributed by atoms with Gasteiger partial charge in [0.05, 0.1) is 0 Å². The molecule has 0 amide bonds. The zero-order chi connectivity index (χ0) is 16.1. The van der Waals surface area contributed by atoms with E-state index in [1.807, 2.05) is 0 Å². The molecule has 1 aliphatic rings. The van der Waals surface area contributed by atoms with Crippen LogP contribution in [0.3, 0.4) is 0 Å². The molecule has 3 rings (SSSR count). The van der Waals surface area contributed by atoms with Gasteiger partial charge in [-0.15, -0.1) is 0 Å². The second-order valence-electron chi connectivity index (χ2n) is 6.30. The fourth-order valence-electron chi connectivity index (χ4n) is 3.45. The maximum Gasteiger partial charge on any atom is 0.160 e. The molecule has 0 spiro atoms. The van der Waals surface area contributed by atoms with Gasteiger partial charge in [-0.2, -0.15) is 0 Å². The van der Waals surface area contributed by atoms with Crippen molar-refractivity contribution in [1.29, 1.82) is 0 Å². The van der Waals surface area contributed by atoms with Crippen LogP contribution in [0.15, 0.2) is 60.7 Å². The van der Waals surface area contributed by atoms with Crippen molar-refractivity contribution in [3.63, 3.8) is 0 Å². The summed E-state index contributed by atoms with van der Waals surface area (Å²) in [6.07, 6.45) is 7.81. The summed E-state index contributed by atoms with van der Waals surface area (Å²) in [4.78, 5) is 0. The van der Waals surface area contributed by atoms with E-state index in [0.717, 1.165) is 31.4 Å². The summed E-state index contributed by atoms with van der Waals surface area (Å²) in [6, 6.07) is 19.4. The van der Waals surface area contributed by atoms with E-state index in [1.165, 1.54) is 23.1 Å². The van der Waals surface area contributed by atoms with Crippen LogP contribution in [0.2, 0.25) is 0 Å². The molecular weight excluding hydrogens is 280 g/mol. The predicted molar refractivity (Wildman–Crippen MR) is 97.2 cm³/mol. The van der Waals surface area contributed by atoms with Crippen LogP contribution >= 0.6 is 0 Å². The second kappa shape index (κ2) is 7.04.